The fourth-order valence-corrected chi connectivity index (χ4v) is 2.06. The largest absolute Gasteiger partial charge is 0.481 e. The molecule has 1 amide bonds. The van der Waals surface area contributed by atoms with Gasteiger partial charge in [-0.25, -0.2) is 0 Å². The predicted octanol–water partition coefficient (Wildman–Crippen LogP) is 3.62. The molecule has 1 aromatic heterocycles. The van der Waals surface area contributed by atoms with Gasteiger partial charge in [-0.1, -0.05) is 0 Å². The third kappa shape index (κ3) is 4.55. The average molecular weight is 328 g/mol. The van der Waals surface area contributed by atoms with E-state index in [1.807, 2.05) is 6.92 Å². The Hall–Kier alpha value is -2.89. The van der Waals surface area contributed by atoms with Gasteiger partial charge in [0.2, 0.25) is 5.91 Å². The van der Waals surface area contributed by atoms with Gasteiger partial charge in [0.15, 0.2) is 0 Å². The second-order valence-corrected chi connectivity index (χ2v) is 6.19. The van der Waals surface area contributed by atoms with Crippen LogP contribution >= 0.6 is 0 Å². The van der Waals surface area contributed by atoms with Gasteiger partial charge >= 0.3 is 5.97 Å². The molecule has 0 spiro atoms. The van der Waals surface area contributed by atoms with Crippen molar-refractivity contribution in [2.75, 3.05) is 5.32 Å². The van der Waals surface area contributed by atoms with Gasteiger partial charge in [-0.3, -0.25) is 14.6 Å². The number of aryl methyl sites for hydroxylation is 1. The number of amides is 1. The highest BCUT2D eigenvalue weighted by Crippen LogP contribution is 2.27. The zero-order valence-electron chi connectivity index (χ0n) is 13.9. The molecule has 0 unspecified atom stereocenters. The van der Waals surface area contributed by atoms with Crippen molar-refractivity contribution in [3.05, 3.63) is 48.3 Å². The molecule has 2 N–H and O–H groups in total. The van der Waals surface area contributed by atoms with Crippen LogP contribution < -0.4 is 10.1 Å². The van der Waals surface area contributed by atoms with E-state index in [-0.39, 0.29) is 12.3 Å². The van der Waals surface area contributed by atoms with E-state index in [4.69, 9.17) is 9.84 Å². The minimum Gasteiger partial charge on any atom is -0.481 e. The van der Waals surface area contributed by atoms with Gasteiger partial charge in [-0.05, 0) is 56.7 Å². The van der Waals surface area contributed by atoms with E-state index in [9.17, 15) is 9.59 Å². The molecule has 0 fully saturated rings. The lowest BCUT2D eigenvalue weighted by Gasteiger charge is -2.18. The molecule has 24 heavy (non-hydrogen) atoms. The Kier molecular flexibility index (Phi) is 5.18. The maximum Gasteiger partial charge on any atom is 0.309 e. The normalized spacial score (nSPS) is 11.0. The summed E-state index contributed by atoms with van der Waals surface area (Å²) >= 11 is 0. The van der Waals surface area contributed by atoms with Crippen LogP contribution in [0.15, 0.2) is 42.7 Å². The maximum absolute atomic E-state index is 12.0. The number of hydrogen-bond donors (Lipinski definition) is 2. The molecule has 0 atom stereocenters. The number of rotatable bonds is 6. The molecule has 6 nitrogen and oxygen atoms in total. The van der Waals surface area contributed by atoms with E-state index in [2.05, 4.69) is 10.3 Å². The quantitative estimate of drug-likeness (QED) is 0.845. The Labute approximate surface area is 140 Å². The fourth-order valence-electron chi connectivity index (χ4n) is 2.06. The standard InChI is InChI=1S/C18H20N2O4/c1-12-9-13(20-16(21)10-18(2,3)17(22)23)6-7-15(12)24-14-5-4-8-19-11-14/h4-9,11H,10H2,1-3H3,(H,20,21)(H,22,23). The lowest BCUT2D eigenvalue weighted by atomic mass is 9.89. The van der Waals surface area contributed by atoms with E-state index in [1.165, 1.54) is 13.8 Å². The molecule has 6 heteroatoms. The van der Waals surface area contributed by atoms with Gasteiger partial charge in [-0.2, -0.15) is 0 Å². The molecule has 0 aliphatic rings. The van der Waals surface area contributed by atoms with Crippen LogP contribution in [0.3, 0.4) is 0 Å². The summed E-state index contributed by atoms with van der Waals surface area (Å²) in [5, 5.41) is 11.8. The summed E-state index contributed by atoms with van der Waals surface area (Å²) < 4.78 is 5.73. The minimum absolute atomic E-state index is 0.102. The van der Waals surface area contributed by atoms with Gasteiger partial charge in [0.25, 0.3) is 0 Å². The van der Waals surface area contributed by atoms with Crippen LogP contribution in [0.25, 0.3) is 0 Å². The molecular formula is C18H20N2O4. The first-order valence-corrected chi connectivity index (χ1v) is 7.50. The fraction of sp³-hybridized carbons (Fsp3) is 0.278. The number of carboxylic acid groups (broad SMARTS) is 1. The number of carbonyl (C=O) groups excluding carboxylic acids is 1. The number of hydrogen-bond acceptors (Lipinski definition) is 4. The lowest BCUT2D eigenvalue weighted by Crippen LogP contribution is -2.29. The number of benzene rings is 1. The number of carbonyl (C=O) groups is 2. The van der Waals surface area contributed by atoms with Crippen molar-refractivity contribution >= 4 is 17.6 Å². The molecule has 2 aromatic rings. The van der Waals surface area contributed by atoms with Crippen molar-refractivity contribution in [2.45, 2.75) is 27.2 Å². The summed E-state index contributed by atoms with van der Waals surface area (Å²) in [6.45, 7) is 4.90. The molecule has 126 valence electrons. The second kappa shape index (κ2) is 7.12. The SMILES string of the molecule is Cc1cc(NC(=O)CC(C)(C)C(=O)O)ccc1Oc1cccnc1. The molecule has 0 radical (unpaired) electrons. The van der Waals surface area contributed by atoms with Crippen LogP contribution in [0.4, 0.5) is 5.69 Å². The smallest absolute Gasteiger partial charge is 0.309 e. The van der Waals surface area contributed by atoms with Crippen molar-refractivity contribution in [2.24, 2.45) is 5.41 Å². The number of carboxylic acids is 1. The maximum atomic E-state index is 12.0. The van der Waals surface area contributed by atoms with Crippen LogP contribution in [0.2, 0.25) is 0 Å². The first kappa shape index (κ1) is 17.5. The summed E-state index contributed by atoms with van der Waals surface area (Å²) in [6.07, 6.45) is 3.18. The summed E-state index contributed by atoms with van der Waals surface area (Å²) in [6, 6.07) is 8.82. The Bertz CT molecular complexity index is 742. The van der Waals surface area contributed by atoms with Crippen molar-refractivity contribution in [3.63, 3.8) is 0 Å². The monoisotopic (exact) mass is 328 g/mol. The van der Waals surface area contributed by atoms with Gasteiger partial charge in [-0.15, -0.1) is 0 Å². The van der Waals surface area contributed by atoms with Crippen molar-refractivity contribution < 1.29 is 19.4 Å². The van der Waals surface area contributed by atoms with Crippen LogP contribution in [0.1, 0.15) is 25.8 Å². The summed E-state index contributed by atoms with van der Waals surface area (Å²) in [4.78, 5) is 27.1. The minimum atomic E-state index is -1.11. The van der Waals surface area contributed by atoms with Crippen LogP contribution in [-0.4, -0.2) is 22.0 Å². The summed E-state index contributed by atoms with van der Waals surface area (Å²) in [5.74, 6) is -0.0655. The van der Waals surface area contributed by atoms with Gasteiger partial charge in [0, 0.05) is 18.3 Å². The van der Waals surface area contributed by atoms with Crippen LogP contribution in [-0.2, 0) is 9.59 Å². The Morgan fingerprint density at radius 3 is 2.62 bits per heavy atom. The highest BCUT2D eigenvalue weighted by molar-refractivity contribution is 5.94. The number of aliphatic carboxylic acids is 1. The zero-order chi connectivity index (χ0) is 17.7. The third-order valence-corrected chi connectivity index (χ3v) is 3.50. The highest BCUT2D eigenvalue weighted by Gasteiger charge is 2.30. The molecule has 0 saturated heterocycles. The van der Waals surface area contributed by atoms with Gasteiger partial charge in [0.05, 0.1) is 11.6 Å². The van der Waals surface area contributed by atoms with Gasteiger partial charge < -0.3 is 15.2 Å². The lowest BCUT2D eigenvalue weighted by molar-refractivity contribution is -0.148. The van der Waals surface area contributed by atoms with E-state index in [0.717, 1.165) is 5.56 Å². The molecule has 0 aliphatic carbocycles. The number of aromatic nitrogens is 1. The summed E-state index contributed by atoms with van der Waals surface area (Å²) in [5.41, 5.74) is 0.328. The molecular weight excluding hydrogens is 308 g/mol. The van der Waals surface area contributed by atoms with Crippen molar-refractivity contribution in [3.8, 4) is 11.5 Å². The summed E-state index contributed by atoms with van der Waals surface area (Å²) in [7, 11) is 0. The number of anilines is 1. The topological polar surface area (TPSA) is 88.5 Å². The first-order chi connectivity index (χ1) is 11.3. The average Bonchev–Trinajstić information content (AvgIpc) is 2.50. The van der Waals surface area contributed by atoms with E-state index >= 15 is 0 Å². The van der Waals surface area contributed by atoms with Crippen molar-refractivity contribution in [1.29, 1.82) is 0 Å². The first-order valence-electron chi connectivity index (χ1n) is 7.50. The molecule has 0 bridgehead atoms. The third-order valence-electron chi connectivity index (χ3n) is 3.50. The second-order valence-electron chi connectivity index (χ2n) is 6.19. The van der Waals surface area contributed by atoms with Crippen LogP contribution in [0, 0.1) is 12.3 Å². The van der Waals surface area contributed by atoms with Crippen molar-refractivity contribution in [1.82, 2.24) is 4.98 Å². The molecule has 1 aromatic carbocycles. The van der Waals surface area contributed by atoms with Crippen LogP contribution in [0.5, 0.6) is 11.5 Å². The zero-order valence-corrected chi connectivity index (χ0v) is 13.9. The predicted molar refractivity (Wildman–Crippen MR) is 90.2 cm³/mol. The molecule has 0 saturated carbocycles. The van der Waals surface area contributed by atoms with Gasteiger partial charge in [0.1, 0.15) is 11.5 Å². The van der Waals surface area contributed by atoms with E-state index in [1.54, 1.807) is 42.7 Å². The van der Waals surface area contributed by atoms with E-state index < -0.39 is 11.4 Å². The number of nitrogens with zero attached hydrogens (tertiary/aromatic N) is 1. The number of pyridine rings is 1. The molecule has 1 heterocycles. The van der Waals surface area contributed by atoms with E-state index in [0.29, 0.717) is 17.2 Å². The molecule has 2 rings (SSSR count). The number of nitrogens with one attached hydrogen (secondary N) is 1. The Balaban J connectivity index is 2.04. The highest BCUT2D eigenvalue weighted by atomic mass is 16.5. The number of ether oxygens (including phenoxy) is 1. The Morgan fingerprint density at radius 1 is 1.29 bits per heavy atom. The Morgan fingerprint density at radius 2 is 2.04 bits per heavy atom. The molecule has 0 aliphatic heterocycles.